The lowest BCUT2D eigenvalue weighted by molar-refractivity contribution is -0.146. The van der Waals surface area contributed by atoms with Crippen LogP contribution in [-0.4, -0.2) is 97.4 Å². The summed E-state index contributed by atoms with van der Waals surface area (Å²) in [5.41, 5.74) is 0. The largest absolute Gasteiger partial charge is 0.394 e. The minimum absolute atomic E-state index is 0.0541. The summed E-state index contributed by atoms with van der Waals surface area (Å²) >= 11 is 1.59. The number of carbonyl (C=O) groups is 3. The molecule has 10 heteroatoms. The van der Waals surface area contributed by atoms with Crippen molar-refractivity contribution in [1.29, 1.82) is 0 Å². The second-order valence-corrected chi connectivity index (χ2v) is 12.9. The van der Waals surface area contributed by atoms with Crippen LogP contribution in [0.4, 0.5) is 0 Å². The summed E-state index contributed by atoms with van der Waals surface area (Å²) in [5, 5.41) is 14.8. The second kappa shape index (κ2) is 17.2. The number of aliphatic hydroxyl groups excluding tert-OH is 1. The molecular weight excluding hydrogens is 542 g/mol. The quantitative estimate of drug-likeness (QED) is 0.284. The van der Waals surface area contributed by atoms with Crippen molar-refractivity contribution in [3.63, 3.8) is 0 Å². The van der Waals surface area contributed by atoms with Crippen LogP contribution in [0.1, 0.15) is 71.6 Å². The molecule has 7 atom stereocenters. The standard InChI is InChI=1S/C31H53N3O6S/c1-9-21(4)29(33(6)27(36)16-20(2)3)26(39-7)18-28(37)34-14-10-13-25(34)30(40-8)22(5)31(38)32-23(19-35)17-24-12-11-15-41-24/h11-12,15,20-23,25-26,29-30,35H,9-10,13-14,16-19H2,1-8H3,(H,32,38)/t21-,22+,23-,25-,26+,29-,30+/m0/s1. The summed E-state index contributed by atoms with van der Waals surface area (Å²) in [5.74, 6) is -0.349. The Morgan fingerprint density at radius 3 is 2.41 bits per heavy atom. The molecule has 0 spiro atoms. The maximum atomic E-state index is 13.8. The Balaban J connectivity index is 2.14. The van der Waals surface area contributed by atoms with Gasteiger partial charge < -0.3 is 29.7 Å². The molecule has 234 valence electrons. The molecule has 1 aliphatic heterocycles. The van der Waals surface area contributed by atoms with Gasteiger partial charge in [-0.25, -0.2) is 0 Å². The first kappa shape index (κ1) is 35.2. The zero-order valence-electron chi connectivity index (χ0n) is 26.3. The predicted molar refractivity (Wildman–Crippen MR) is 163 cm³/mol. The number of aliphatic hydroxyl groups is 1. The fourth-order valence-corrected chi connectivity index (χ4v) is 6.77. The Morgan fingerprint density at radius 1 is 1.17 bits per heavy atom. The summed E-state index contributed by atoms with van der Waals surface area (Å²) < 4.78 is 11.7. The maximum Gasteiger partial charge on any atom is 0.225 e. The summed E-state index contributed by atoms with van der Waals surface area (Å²) in [7, 11) is 5.00. The van der Waals surface area contributed by atoms with Crippen LogP contribution in [0.25, 0.3) is 0 Å². The molecule has 3 amide bonds. The van der Waals surface area contributed by atoms with Gasteiger partial charge in [0.25, 0.3) is 0 Å². The third kappa shape index (κ3) is 9.76. The highest BCUT2D eigenvalue weighted by Gasteiger charge is 2.42. The molecule has 1 aromatic heterocycles. The fraction of sp³-hybridized carbons (Fsp3) is 0.774. The van der Waals surface area contributed by atoms with E-state index < -0.39 is 24.2 Å². The first-order chi connectivity index (χ1) is 19.5. The first-order valence-electron chi connectivity index (χ1n) is 15.0. The average Bonchev–Trinajstić information content (AvgIpc) is 3.64. The molecule has 2 N–H and O–H groups in total. The van der Waals surface area contributed by atoms with Crippen LogP contribution < -0.4 is 5.32 Å². The summed E-state index contributed by atoms with van der Waals surface area (Å²) in [6.07, 6.45) is 2.61. The smallest absolute Gasteiger partial charge is 0.225 e. The molecular formula is C31H53N3O6S. The monoisotopic (exact) mass is 595 g/mol. The topological polar surface area (TPSA) is 108 Å². The molecule has 1 aromatic rings. The van der Waals surface area contributed by atoms with E-state index >= 15 is 0 Å². The molecule has 9 nitrogen and oxygen atoms in total. The number of ether oxygens (including phenoxy) is 2. The van der Waals surface area contributed by atoms with E-state index in [-0.39, 0.29) is 54.7 Å². The number of carbonyl (C=O) groups excluding carboxylic acids is 3. The van der Waals surface area contributed by atoms with Crippen LogP contribution in [0.15, 0.2) is 17.5 Å². The van der Waals surface area contributed by atoms with Crippen LogP contribution in [0.2, 0.25) is 0 Å². The SMILES string of the molecule is CC[C@H](C)[C@@H]([C@@H](CC(=O)N1CCC[C@H]1[C@H](OC)[C@@H](C)C(=O)N[C@H](CO)Cc1cccs1)OC)N(C)C(=O)CC(C)C. The number of nitrogens with zero attached hydrogens (tertiary/aromatic N) is 2. The molecule has 0 aliphatic carbocycles. The lowest BCUT2D eigenvalue weighted by atomic mass is 9.90. The Bertz CT molecular complexity index is 942. The van der Waals surface area contributed by atoms with Gasteiger partial charge in [0.2, 0.25) is 17.7 Å². The predicted octanol–water partition coefficient (Wildman–Crippen LogP) is 3.73. The lowest BCUT2D eigenvalue weighted by Gasteiger charge is -2.39. The van der Waals surface area contributed by atoms with Gasteiger partial charge in [-0.1, -0.05) is 47.1 Å². The Kier molecular flexibility index (Phi) is 14.8. The van der Waals surface area contributed by atoms with Crippen LogP contribution in [0.5, 0.6) is 0 Å². The molecule has 41 heavy (non-hydrogen) atoms. The third-order valence-electron chi connectivity index (χ3n) is 8.48. The van der Waals surface area contributed by atoms with Crippen LogP contribution in [-0.2, 0) is 30.3 Å². The van der Waals surface area contributed by atoms with E-state index in [0.717, 1.165) is 24.1 Å². The zero-order valence-corrected chi connectivity index (χ0v) is 27.1. The molecule has 0 bridgehead atoms. The average molecular weight is 596 g/mol. The number of nitrogens with one attached hydrogen (secondary N) is 1. The van der Waals surface area contributed by atoms with E-state index in [0.29, 0.717) is 19.4 Å². The number of methoxy groups -OCH3 is 2. The van der Waals surface area contributed by atoms with Gasteiger partial charge in [0.1, 0.15) is 0 Å². The molecule has 0 saturated carbocycles. The minimum atomic E-state index is -0.526. The van der Waals surface area contributed by atoms with Gasteiger partial charge in [0.15, 0.2) is 0 Å². The minimum Gasteiger partial charge on any atom is -0.394 e. The summed E-state index contributed by atoms with van der Waals surface area (Å²) in [6.45, 7) is 10.5. The van der Waals surface area contributed by atoms with Gasteiger partial charge in [0, 0.05) is 45.5 Å². The van der Waals surface area contributed by atoms with Gasteiger partial charge in [0.05, 0.1) is 49.3 Å². The normalized spacial score (nSPS) is 19.9. The van der Waals surface area contributed by atoms with Crippen molar-refractivity contribution in [1.82, 2.24) is 15.1 Å². The Morgan fingerprint density at radius 2 is 1.88 bits per heavy atom. The molecule has 2 rings (SSSR count). The van der Waals surface area contributed by atoms with E-state index in [1.165, 1.54) is 0 Å². The van der Waals surface area contributed by atoms with Crippen LogP contribution >= 0.6 is 11.3 Å². The number of thiophene rings is 1. The van der Waals surface area contributed by atoms with E-state index in [1.54, 1.807) is 30.5 Å². The van der Waals surface area contributed by atoms with Crippen molar-refractivity contribution < 1.29 is 29.0 Å². The second-order valence-electron chi connectivity index (χ2n) is 11.9. The Labute approximate surface area is 250 Å². The highest BCUT2D eigenvalue weighted by Crippen LogP contribution is 2.29. The van der Waals surface area contributed by atoms with Crippen molar-refractivity contribution in [2.75, 3.05) is 34.4 Å². The van der Waals surface area contributed by atoms with Crippen LogP contribution in [0, 0.1) is 17.8 Å². The maximum absolute atomic E-state index is 13.8. The molecule has 0 unspecified atom stereocenters. The van der Waals surface area contributed by atoms with Crippen LogP contribution in [0.3, 0.4) is 0 Å². The van der Waals surface area contributed by atoms with Gasteiger partial charge in [-0.05, 0) is 36.1 Å². The van der Waals surface area contributed by atoms with Gasteiger partial charge >= 0.3 is 0 Å². The lowest BCUT2D eigenvalue weighted by Crippen LogP contribution is -2.53. The van der Waals surface area contributed by atoms with Crippen molar-refractivity contribution in [2.24, 2.45) is 17.8 Å². The molecule has 0 radical (unpaired) electrons. The van der Waals surface area contributed by atoms with Crippen molar-refractivity contribution >= 4 is 29.1 Å². The highest BCUT2D eigenvalue weighted by atomic mass is 32.1. The molecule has 2 heterocycles. The van der Waals surface area contributed by atoms with E-state index in [4.69, 9.17) is 9.47 Å². The van der Waals surface area contributed by atoms with Crippen molar-refractivity contribution in [2.45, 2.75) is 103 Å². The number of likely N-dealkylation sites (N-methyl/N-ethyl adjacent to an activating group) is 1. The van der Waals surface area contributed by atoms with E-state index in [9.17, 15) is 19.5 Å². The van der Waals surface area contributed by atoms with Gasteiger partial charge in [-0.3, -0.25) is 14.4 Å². The summed E-state index contributed by atoms with van der Waals surface area (Å²) in [4.78, 5) is 44.7. The molecule has 0 aromatic carbocycles. The van der Waals surface area contributed by atoms with Crippen molar-refractivity contribution in [3.05, 3.63) is 22.4 Å². The number of hydrogen-bond donors (Lipinski definition) is 2. The number of likely N-dealkylation sites (tertiary alicyclic amines) is 1. The highest BCUT2D eigenvalue weighted by molar-refractivity contribution is 7.09. The molecule has 1 fully saturated rings. The number of rotatable bonds is 17. The van der Waals surface area contributed by atoms with E-state index in [2.05, 4.69) is 19.2 Å². The zero-order chi connectivity index (χ0) is 30.7. The molecule has 1 saturated heterocycles. The fourth-order valence-electron chi connectivity index (χ4n) is 5.98. The molecule has 1 aliphatic rings. The number of hydrogen-bond acceptors (Lipinski definition) is 7. The van der Waals surface area contributed by atoms with Crippen molar-refractivity contribution in [3.8, 4) is 0 Å². The van der Waals surface area contributed by atoms with E-state index in [1.807, 2.05) is 50.2 Å². The van der Waals surface area contributed by atoms with Gasteiger partial charge in [-0.15, -0.1) is 11.3 Å². The summed E-state index contributed by atoms with van der Waals surface area (Å²) in [6, 6.07) is 3.06. The van der Waals surface area contributed by atoms with Gasteiger partial charge in [-0.2, -0.15) is 0 Å². The first-order valence-corrected chi connectivity index (χ1v) is 15.9. The Hall–Kier alpha value is -2.01. The number of amides is 3. The third-order valence-corrected chi connectivity index (χ3v) is 9.38.